The van der Waals surface area contributed by atoms with Gasteiger partial charge in [-0.05, 0) is 85.0 Å². The highest BCUT2D eigenvalue weighted by Crippen LogP contribution is 2.61. The number of ketones is 4. The van der Waals surface area contributed by atoms with Gasteiger partial charge in [-0.2, -0.15) is 0 Å². The number of thiophene rings is 2. The van der Waals surface area contributed by atoms with E-state index in [-0.39, 0.29) is 60.9 Å². The summed E-state index contributed by atoms with van der Waals surface area (Å²) in [4.78, 5) is 57.0. The summed E-state index contributed by atoms with van der Waals surface area (Å²) in [7, 11) is 0. The van der Waals surface area contributed by atoms with E-state index in [9.17, 15) is 19.2 Å². The van der Waals surface area contributed by atoms with Crippen LogP contribution in [0.4, 0.5) is 0 Å². The molecule has 4 aliphatic rings. The van der Waals surface area contributed by atoms with E-state index >= 15 is 0 Å². The summed E-state index contributed by atoms with van der Waals surface area (Å²) < 4.78 is 0. The van der Waals surface area contributed by atoms with Gasteiger partial charge in [0.2, 0.25) is 0 Å². The van der Waals surface area contributed by atoms with Crippen LogP contribution in [0.5, 0.6) is 0 Å². The molecular formula is C35H21Cl3O4S2. The zero-order valence-corrected chi connectivity index (χ0v) is 27.1. The Balaban J connectivity index is 1.21. The van der Waals surface area contributed by atoms with Gasteiger partial charge in [0.15, 0.2) is 23.1 Å². The Bertz CT molecular complexity index is 1890. The average Bonchev–Trinajstić information content (AvgIpc) is 3.77. The van der Waals surface area contributed by atoms with Gasteiger partial charge in [0, 0.05) is 52.2 Å². The van der Waals surface area contributed by atoms with Gasteiger partial charge in [-0.3, -0.25) is 19.2 Å². The Morgan fingerprint density at radius 2 is 1.00 bits per heavy atom. The molecule has 4 aromatic rings. The van der Waals surface area contributed by atoms with E-state index in [0.717, 1.165) is 50.8 Å². The Labute approximate surface area is 276 Å². The van der Waals surface area contributed by atoms with Crippen LogP contribution < -0.4 is 0 Å². The molecule has 0 unspecified atom stereocenters. The fourth-order valence-electron chi connectivity index (χ4n) is 7.16. The Hall–Kier alpha value is -3.13. The number of hydrogen-bond donors (Lipinski definition) is 0. The van der Waals surface area contributed by atoms with E-state index in [2.05, 4.69) is 12.1 Å². The van der Waals surface area contributed by atoms with Gasteiger partial charge in [0.05, 0.1) is 21.2 Å². The predicted molar refractivity (Wildman–Crippen MR) is 177 cm³/mol. The predicted octanol–water partition coefficient (Wildman–Crippen LogP) is 10.2. The van der Waals surface area contributed by atoms with Crippen LogP contribution >= 0.6 is 57.5 Å². The van der Waals surface area contributed by atoms with Gasteiger partial charge >= 0.3 is 0 Å². The Morgan fingerprint density at radius 1 is 0.591 bits per heavy atom. The fourth-order valence-corrected chi connectivity index (χ4v) is 10.2. The molecule has 2 aromatic carbocycles. The first-order valence-corrected chi connectivity index (χ1v) is 17.0. The first-order chi connectivity index (χ1) is 21.1. The maximum atomic E-state index is 13.3. The first-order valence-electron chi connectivity index (χ1n) is 14.3. The van der Waals surface area contributed by atoms with Crippen molar-refractivity contribution in [3.63, 3.8) is 0 Å². The molecule has 0 aliphatic heterocycles. The molecule has 0 atom stereocenters. The van der Waals surface area contributed by atoms with Gasteiger partial charge in [0.25, 0.3) is 0 Å². The van der Waals surface area contributed by atoms with Crippen molar-refractivity contribution in [1.29, 1.82) is 0 Å². The molecule has 0 N–H and O–H groups in total. The number of aryl methyl sites for hydroxylation is 1. The van der Waals surface area contributed by atoms with Crippen LogP contribution in [0.15, 0.2) is 47.5 Å². The quantitative estimate of drug-likeness (QED) is 0.157. The number of allylic oxidation sites excluding steroid dienone is 2. The van der Waals surface area contributed by atoms with E-state index in [4.69, 9.17) is 34.8 Å². The van der Waals surface area contributed by atoms with Crippen molar-refractivity contribution in [2.24, 2.45) is 0 Å². The molecule has 0 radical (unpaired) electrons. The lowest BCUT2D eigenvalue weighted by Gasteiger charge is -2.34. The Kier molecular flexibility index (Phi) is 6.40. The molecule has 8 rings (SSSR count). The van der Waals surface area contributed by atoms with Crippen molar-refractivity contribution in [3.8, 4) is 9.75 Å². The maximum absolute atomic E-state index is 13.3. The monoisotopic (exact) mass is 674 g/mol. The zero-order chi connectivity index (χ0) is 30.7. The van der Waals surface area contributed by atoms with Crippen molar-refractivity contribution in [1.82, 2.24) is 0 Å². The largest absolute Gasteiger partial charge is 0.288 e. The van der Waals surface area contributed by atoms with Crippen molar-refractivity contribution < 1.29 is 19.2 Å². The van der Waals surface area contributed by atoms with Crippen LogP contribution in [0, 0.1) is 6.92 Å². The van der Waals surface area contributed by atoms with Gasteiger partial charge < -0.3 is 0 Å². The summed E-state index contributed by atoms with van der Waals surface area (Å²) in [5.41, 5.74) is 4.65. The summed E-state index contributed by atoms with van der Waals surface area (Å²) in [6, 6.07) is 10.5. The SMILES string of the molecule is Cc1cc2c(cc1Cl)C(=O)/C(=C\c1cc3c(s1)-c1sc(C=C4C(=O)c5cc(Cl)c(Cl)cc5C4=O)cc1C31CCCCC1)C2=O. The minimum absolute atomic E-state index is 0.112. The molecule has 1 spiro atoms. The molecule has 1 fully saturated rings. The van der Waals surface area contributed by atoms with Crippen LogP contribution in [0.3, 0.4) is 0 Å². The van der Waals surface area contributed by atoms with Crippen LogP contribution in [-0.4, -0.2) is 23.1 Å². The van der Waals surface area contributed by atoms with Crippen LogP contribution in [-0.2, 0) is 5.41 Å². The number of benzene rings is 2. The van der Waals surface area contributed by atoms with E-state index in [1.165, 1.54) is 29.7 Å². The number of rotatable bonds is 2. The summed E-state index contributed by atoms with van der Waals surface area (Å²) in [6.45, 7) is 1.82. The summed E-state index contributed by atoms with van der Waals surface area (Å²) >= 11 is 21.7. The number of Topliss-reactive ketones (excluding diaryl/α,β-unsaturated/α-hetero) is 4. The first kappa shape index (κ1) is 28.4. The van der Waals surface area contributed by atoms with Crippen LogP contribution in [0.2, 0.25) is 15.1 Å². The minimum Gasteiger partial charge on any atom is -0.288 e. The minimum atomic E-state index is -0.349. The number of carbonyl (C=O) groups is 4. The molecule has 0 amide bonds. The number of carbonyl (C=O) groups excluding carboxylic acids is 4. The molecule has 4 nitrogen and oxygen atoms in total. The molecule has 218 valence electrons. The van der Waals surface area contributed by atoms with Gasteiger partial charge in [-0.25, -0.2) is 0 Å². The second-order valence-corrected chi connectivity index (χ2v) is 15.2. The second-order valence-electron chi connectivity index (χ2n) is 11.8. The molecule has 1 saturated carbocycles. The standard InChI is InChI=1S/C35H21Cl3O4S2/c1-15-7-18-19(12-26(15)36)30(40)22(29(18)39)8-16-10-24-33(43-16)34-25(35(24)5-3-2-4-6-35)11-17(44-34)9-23-31(41)20-13-27(37)28(38)14-21(20)32(23)42/h7-14H,2-6H2,1H3/b22-8-. The van der Waals surface area contributed by atoms with Crippen molar-refractivity contribution in [3.05, 3.63) is 111 Å². The third-order valence-electron chi connectivity index (χ3n) is 9.34. The highest BCUT2D eigenvalue weighted by Gasteiger charge is 2.47. The fraction of sp³-hybridized carbons (Fsp3) is 0.200. The summed E-state index contributed by atoms with van der Waals surface area (Å²) in [5.74, 6) is -1.27. The molecule has 2 aromatic heterocycles. The zero-order valence-electron chi connectivity index (χ0n) is 23.2. The van der Waals surface area contributed by atoms with Crippen molar-refractivity contribution in [2.45, 2.75) is 44.4 Å². The van der Waals surface area contributed by atoms with Gasteiger partial charge in [-0.15, -0.1) is 22.7 Å². The average molecular weight is 676 g/mol. The second kappa shape index (κ2) is 9.93. The van der Waals surface area contributed by atoms with E-state index in [1.54, 1.807) is 47.0 Å². The van der Waals surface area contributed by atoms with E-state index in [0.29, 0.717) is 16.1 Å². The smallest absolute Gasteiger partial charge is 0.197 e. The topological polar surface area (TPSA) is 68.3 Å². The molecule has 2 heterocycles. The van der Waals surface area contributed by atoms with E-state index < -0.39 is 0 Å². The molecule has 0 bridgehead atoms. The third-order valence-corrected chi connectivity index (χ3v) is 12.8. The molecule has 4 aliphatic carbocycles. The lowest BCUT2D eigenvalue weighted by atomic mass is 9.68. The van der Waals surface area contributed by atoms with Gasteiger partial charge in [0.1, 0.15) is 0 Å². The highest BCUT2D eigenvalue weighted by molar-refractivity contribution is 7.23. The molecule has 44 heavy (non-hydrogen) atoms. The lowest BCUT2D eigenvalue weighted by Crippen LogP contribution is -2.27. The molecule has 9 heteroatoms. The summed E-state index contributed by atoms with van der Waals surface area (Å²) in [5, 5.41) is 0.942. The number of halogens is 3. The highest BCUT2D eigenvalue weighted by atomic mass is 35.5. The normalized spacial score (nSPS) is 18.8. The molecule has 0 saturated heterocycles. The third kappa shape index (κ3) is 3.95. The summed E-state index contributed by atoms with van der Waals surface area (Å²) in [6.07, 6.45) is 8.77. The number of fused-ring (bicyclic) bond motifs is 7. The van der Waals surface area contributed by atoms with Crippen molar-refractivity contribution in [2.75, 3.05) is 0 Å². The molecular weight excluding hydrogens is 655 g/mol. The number of hydrogen-bond acceptors (Lipinski definition) is 6. The Morgan fingerprint density at radius 3 is 1.45 bits per heavy atom. The van der Waals surface area contributed by atoms with Crippen LogP contribution in [0.25, 0.3) is 21.9 Å². The van der Waals surface area contributed by atoms with Gasteiger partial charge in [-0.1, -0.05) is 54.1 Å². The van der Waals surface area contributed by atoms with Crippen molar-refractivity contribution >= 4 is 92.8 Å². The maximum Gasteiger partial charge on any atom is 0.197 e. The van der Waals surface area contributed by atoms with E-state index in [1.807, 2.05) is 6.92 Å². The van der Waals surface area contributed by atoms with Crippen LogP contribution in [0.1, 0.15) is 100.0 Å². The lowest BCUT2D eigenvalue weighted by molar-refractivity contribution is 0.0975.